The lowest BCUT2D eigenvalue weighted by Gasteiger charge is -2.36. The molecule has 1 aliphatic rings. The molecule has 104 valence electrons. The van der Waals surface area contributed by atoms with Crippen molar-refractivity contribution in [2.24, 2.45) is 0 Å². The maximum absolute atomic E-state index is 8.92. The first-order chi connectivity index (χ1) is 9.63. The molecule has 5 heteroatoms. The van der Waals surface area contributed by atoms with Gasteiger partial charge in [0.1, 0.15) is 0 Å². The summed E-state index contributed by atoms with van der Waals surface area (Å²) < 4.78 is 0. The van der Waals surface area contributed by atoms with Gasteiger partial charge in [0.15, 0.2) is 0 Å². The summed E-state index contributed by atoms with van der Waals surface area (Å²) >= 11 is 6.20. The third-order valence-electron chi connectivity index (χ3n) is 3.72. The van der Waals surface area contributed by atoms with Gasteiger partial charge < -0.3 is 0 Å². The van der Waals surface area contributed by atoms with Crippen molar-refractivity contribution < 1.29 is 0 Å². The smallest absolute Gasteiger partial charge is 0.0992 e. The molecule has 1 heterocycles. The van der Waals surface area contributed by atoms with Gasteiger partial charge in [-0.2, -0.15) is 10.5 Å². The molecule has 0 amide bonds. The number of benzene rings is 1. The summed E-state index contributed by atoms with van der Waals surface area (Å²) in [5, 5.41) is 18.4. The van der Waals surface area contributed by atoms with E-state index >= 15 is 0 Å². The summed E-state index contributed by atoms with van der Waals surface area (Å²) in [5.41, 5.74) is 1.64. The monoisotopic (exact) mass is 288 g/mol. The highest BCUT2D eigenvalue weighted by molar-refractivity contribution is 6.31. The van der Waals surface area contributed by atoms with E-state index in [9.17, 15) is 0 Å². The van der Waals surface area contributed by atoms with E-state index in [1.165, 1.54) is 0 Å². The SMILES string of the molecule is CC(C#N)N1CCN(Cc2ccc(C#N)cc2Cl)CC1. The minimum Gasteiger partial charge on any atom is -0.296 e. The van der Waals surface area contributed by atoms with Crippen molar-refractivity contribution in [2.45, 2.75) is 19.5 Å². The maximum atomic E-state index is 8.92. The zero-order chi connectivity index (χ0) is 14.5. The number of hydrogen-bond acceptors (Lipinski definition) is 4. The van der Waals surface area contributed by atoms with Crippen LogP contribution in [0, 0.1) is 22.7 Å². The Bertz CT molecular complexity index is 550. The second kappa shape index (κ2) is 6.72. The van der Waals surface area contributed by atoms with E-state index in [1.54, 1.807) is 12.1 Å². The van der Waals surface area contributed by atoms with E-state index in [-0.39, 0.29) is 6.04 Å². The first-order valence-corrected chi connectivity index (χ1v) is 7.06. The van der Waals surface area contributed by atoms with Crippen LogP contribution in [0.15, 0.2) is 18.2 Å². The number of hydrogen-bond donors (Lipinski definition) is 0. The van der Waals surface area contributed by atoms with Gasteiger partial charge in [-0.15, -0.1) is 0 Å². The van der Waals surface area contributed by atoms with Crippen molar-refractivity contribution in [3.8, 4) is 12.1 Å². The molecule has 0 aliphatic carbocycles. The van der Waals surface area contributed by atoms with Crippen LogP contribution in [0.4, 0.5) is 0 Å². The average molecular weight is 289 g/mol. The fourth-order valence-corrected chi connectivity index (χ4v) is 2.62. The molecule has 1 atom stereocenters. The fourth-order valence-electron chi connectivity index (χ4n) is 2.38. The molecule has 0 radical (unpaired) electrons. The molecule has 0 N–H and O–H groups in total. The van der Waals surface area contributed by atoms with E-state index in [0.29, 0.717) is 10.6 Å². The summed E-state index contributed by atoms with van der Waals surface area (Å²) in [6.45, 7) is 6.41. The first kappa shape index (κ1) is 14.8. The number of halogens is 1. The molecule has 20 heavy (non-hydrogen) atoms. The van der Waals surface area contributed by atoms with Gasteiger partial charge in [-0.25, -0.2) is 0 Å². The zero-order valence-corrected chi connectivity index (χ0v) is 12.3. The Balaban J connectivity index is 1.93. The lowest BCUT2D eigenvalue weighted by Crippen LogP contribution is -2.48. The van der Waals surface area contributed by atoms with Crippen molar-refractivity contribution in [1.82, 2.24) is 9.80 Å². The van der Waals surface area contributed by atoms with Crippen LogP contribution in [-0.2, 0) is 6.54 Å². The summed E-state index contributed by atoms with van der Waals surface area (Å²) in [5.74, 6) is 0. The molecule has 1 fully saturated rings. The predicted molar refractivity (Wildman–Crippen MR) is 78.1 cm³/mol. The van der Waals surface area contributed by atoms with Crippen molar-refractivity contribution in [2.75, 3.05) is 26.2 Å². The second-order valence-electron chi connectivity index (χ2n) is 5.04. The van der Waals surface area contributed by atoms with Crippen LogP contribution in [0.2, 0.25) is 5.02 Å². The van der Waals surface area contributed by atoms with Gasteiger partial charge in [0.25, 0.3) is 0 Å². The van der Waals surface area contributed by atoms with Crippen LogP contribution < -0.4 is 0 Å². The molecule has 0 bridgehead atoms. The molecule has 1 aromatic carbocycles. The van der Waals surface area contributed by atoms with Crippen molar-refractivity contribution >= 4 is 11.6 Å². The van der Waals surface area contributed by atoms with Gasteiger partial charge in [-0.1, -0.05) is 17.7 Å². The van der Waals surface area contributed by atoms with Crippen LogP contribution in [-0.4, -0.2) is 42.0 Å². The molecule has 2 rings (SSSR count). The van der Waals surface area contributed by atoms with Crippen LogP contribution in [0.5, 0.6) is 0 Å². The zero-order valence-electron chi connectivity index (χ0n) is 11.5. The van der Waals surface area contributed by atoms with Crippen molar-refractivity contribution in [1.29, 1.82) is 10.5 Å². The van der Waals surface area contributed by atoms with Crippen molar-refractivity contribution in [3.63, 3.8) is 0 Å². The molecule has 1 aromatic rings. The van der Waals surface area contributed by atoms with Crippen LogP contribution in [0.1, 0.15) is 18.1 Å². The van der Waals surface area contributed by atoms with E-state index in [4.69, 9.17) is 22.1 Å². The van der Waals surface area contributed by atoms with Gasteiger partial charge in [-0.3, -0.25) is 9.80 Å². The molecule has 0 saturated carbocycles. The molecule has 1 saturated heterocycles. The summed E-state index contributed by atoms with van der Waals surface area (Å²) in [6, 6.07) is 9.78. The highest BCUT2D eigenvalue weighted by Crippen LogP contribution is 2.20. The Morgan fingerprint density at radius 2 is 1.95 bits per heavy atom. The van der Waals surface area contributed by atoms with E-state index in [1.807, 2.05) is 13.0 Å². The van der Waals surface area contributed by atoms with Crippen LogP contribution >= 0.6 is 11.6 Å². The van der Waals surface area contributed by atoms with Gasteiger partial charge >= 0.3 is 0 Å². The van der Waals surface area contributed by atoms with Crippen LogP contribution in [0.25, 0.3) is 0 Å². The molecular weight excluding hydrogens is 272 g/mol. The number of piperazine rings is 1. The summed E-state index contributed by atoms with van der Waals surface area (Å²) in [6.07, 6.45) is 0. The normalized spacial score (nSPS) is 18.2. The molecular formula is C15H17ClN4. The third-order valence-corrected chi connectivity index (χ3v) is 4.07. The van der Waals surface area contributed by atoms with Gasteiger partial charge in [0.05, 0.1) is 23.7 Å². The number of nitriles is 2. The Morgan fingerprint density at radius 1 is 1.25 bits per heavy atom. The molecule has 0 aromatic heterocycles. The Kier molecular flexibility index (Phi) is 4.98. The van der Waals surface area contributed by atoms with E-state index in [2.05, 4.69) is 21.9 Å². The quantitative estimate of drug-likeness (QED) is 0.856. The lowest BCUT2D eigenvalue weighted by molar-refractivity contribution is 0.114. The van der Waals surface area contributed by atoms with E-state index < -0.39 is 0 Å². The molecule has 0 spiro atoms. The predicted octanol–water partition coefficient (Wildman–Crippen LogP) is 2.24. The number of nitrogens with zero attached hydrogens (tertiary/aromatic N) is 4. The average Bonchev–Trinajstić information content (AvgIpc) is 2.49. The Morgan fingerprint density at radius 3 is 2.50 bits per heavy atom. The standard InChI is InChI=1S/C15H17ClN4/c1-12(9-17)20-6-4-19(5-7-20)11-14-3-2-13(10-18)8-15(14)16/h2-3,8,12H,4-7,11H2,1H3. The topological polar surface area (TPSA) is 54.1 Å². The molecule has 4 nitrogen and oxygen atoms in total. The number of rotatable bonds is 3. The maximum Gasteiger partial charge on any atom is 0.0992 e. The lowest BCUT2D eigenvalue weighted by atomic mass is 10.1. The Hall–Kier alpha value is -1.59. The second-order valence-corrected chi connectivity index (χ2v) is 5.44. The van der Waals surface area contributed by atoms with Gasteiger partial charge in [-0.05, 0) is 24.6 Å². The van der Waals surface area contributed by atoms with Gasteiger partial charge in [0, 0.05) is 37.7 Å². The highest BCUT2D eigenvalue weighted by Gasteiger charge is 2.21. The van der Waals surface area contributed by atoms with E-state index in [0.717, 1.165) is 38.3 Å². The Labute approximate surface area is 124 Å². The van der Waals surface area contributed by atoms with Crippen molar-refractivity contribution in [3.05, 3.63) is 34.3 Å². The summed E-state index contributed by atoms with van der Waals surface area (Å²) in [4.78, 5) is 4.52. The largest absolute Gasteiger partial charge is 0.296 e. The third kappa shape index (κ3) is 3.49. The minimum absolute atomic E-state index is 0.0179. The molecule has 1 unspecified atom stereocenters. The van der Waals surface area contributed by atoms with Gasteiger partial charge in [0.2, 0.25) is 0 Å². The molecule has 1 aliphatic heterocycles. The highest BCUT2D eigenvalue weighted by atomic mass is 35.5. The first-order valence-electron chi connectivity index (χ1n) is 6.68. The summed E-state index contributed by atoms with van der Waals surface area (Å²) in [7, 11) is 0. The van der Waals surface area contributed by atoms with Crippen LogP contribution in [0.3, 0.4) is 0 Å². The fraction of sp³-hybridized carbons (Fsp3) is 0.467. The minimum atomic E-state index is -0.0179.